The molecule has 0 aromatic rings. The summed E-state index contributed by atoms with van der Waals surface area (Å²) in [7, 11) is -4.76. The fourth-order valence-electron chi connectivity index (χ4n) is 8.98. The highest BCUT2D eigenvalue weighted by molar-refractivity contribution is 7.47. The van der Waals surface area contributed by atoms with Gasteiger partial charge in [-0.15, -0.1) is 0 Å². The van der Waals surface area contributed by atoms with Crippen molar-refractivity contribution in [1.82, 2.24) is 0 Å². The second-order valence-corrected chi connectivity index (χ2v) is 23.0. The Balaban J connectivity index is 4.72. The molecule has 0 aromatic heterocycles. The zero-order chi connectivity index (χ0) is 56.9. The standard InChI is InChI=1S/C66H119O11P/c1-4-7-10-13-16-19-22-25-28-30-31-33-35-37-40-43-46-49-52-55-64(68)73-59-63(77-66(70)57-54-51-48-45-42-39-36-32-29-26-23-20-17-14-11-8-5-2)61-75-78(71,72)74-60-62(58-67)76-65(69)56-53-50-47-44-41-38-34-27-24-21-18-15-12-9-6-3/h16,18-19,21,25,27-28,31,33-34,62-63,67H,4-15,17,20,22-24,26,29-30,32,35-61H2,1-3H3,(H,71,72)/b19-16-,21-18-,28-25-,33-31-,34-27-. The van der Waals surface area contributed by atoms with E-state index in [1.165, 1.54) is 128 Å². The summed E-state index contributed by atoms with van der Waals surface area (Å²) in [4.78, 5) is 48.7. The van der Waals surface area contributed by atoms with Gasteiger partial charge >= 0.3 is 25.7 Å². The van der Waals surface area contributed by atoms with E-state index in [-0.39, 0.29) is 25.9 Å². The van der Waals surface area contributed by atoms with Gasteiger partial charge in [0.1, 0.15) is 12.7 Å². The number of hydrogen-bond donors (Lipinski definition) is 2. The van der Waals surface area contributed by atoms with Gasteiger partial charge in [-0.25, -0.2) is 4.57 Å². The second kappa shape index (κ2) is 60.3. The van der Waals surface area contributed by atoms with Crippen LogP contribution in [-0.2, 0) is 42.2 Å². The van der Waals surface area contributed by atoms with E-state index in [4.69, 9.17) is 23.3 Å². The largest absolute Gasteiger partial charge is 0.472 e. The van der Waals surface area contributed by atoms with Gasteiger partial charge in [0, 0.05) is 19.3 Å². The van der Waals surface area contributed by atoms with Crippen molar-refractivity contribution in [2.24, 2.45) is 0 Å². The van der Waals surface area contributed by atoms with Crippen LogP contribution in [0.2, 0.25) is 0 Å². The van der Waals surface area contributed by atoms with E-state index in [2.05, 4.69) is 81.5 Å². The molecule has 0 aliphatic rings. The number of phosphoric acid groups is 1. The zero-order valence-electron chi connectivity index (χ0n) is 50.4. The lowest BCUT2D eigenvalue weighted by molar-refractivity contribution is -0.161. The van der Waals surface area contributed by atoms with Crippen molar-refractivity contribution < 1.29 is 52.2 Å². The van der Waals surface area contributed by atoms with Gasteiger partial charge in [-0.2, -0.15) is 0 Å². The van der Waals surface area contributed by atoms with E-state index in [9.17, 15) is 28.9 Å². The van der Waals surface area contributed by atoms with Gasteiger partial charge in [-0.1, -0.05) is 255 Å². The van der Waals surface area contributed by atoms with Gasteiger partial charge in [0.15, 0.2) is 6.10 Å². The summed E-state index contributed by atoms with van der Waals surface area (Å²) in [6.45, 7) is 4.61. The molecule has 78 heavy (non-hydrogen) atoms. The maximum atomic E-state index is 13.0. The van der Waals surface area contributed by atoms with Crippen LogP contribution in [0.1, 0.15) is 303 Å². The van der Waals surface area contributed by atoms with Crippen LogP contribution < -0.4 is 0 Å². The summed E-state index contributed by atoms with van der Waals surface area (Å²) in [5.74, 6) is -1.48. The summed E-state index contributed by atoms with van der Waals surface area (Å²) in [5, 5.41) is 9.84. The van der Waals surface area contributed by atoms with Crippen molar-refractivity contribution in [2.45, 2.75) is 315 Å². The zero-order valence-corrected chi connectivity index (χ0v) is 51.3. The Bertz CT molecular complexity index is 1540. The number of unbranched alkanes of at least 4 members (excludes halogenated alkanes) is 33. The van der Waals surface area contributed by atoms with Crippen LogP contribution in [0.4, 0.5) is 0 Å². The molecule has 3 atom stereocenters. The third kappa shape index (κ3) is 57.9. The molecule has 2 N–H and O–H groups in total. The van der Waals surface area contributed by atoms with Gasteiger partial charge in [0.05, 0.1) is 19.8 Å². The smallest absolute Gasteiger partial charge is 0.462 e. The minimum atomic E-state index is -4.76. The van der Waals surface area contributed by atoms with E-state index in [0.29, 0.717) is 19.3 Å². The van der Waals surface area contributed by atoms with Crippen LogP contribution in [0.5, 0.6) is 0 Å². The van der Waals surface area contributed by atoms with Gasteiger partial charge in [-0.3, -0.25) is 23.4 Å². The Morgan fingerprint density at radius 2 is 0.628 bits per heavy atom. The number of carbonyl (C=O) groups excluding carboxylic acids is 3. The summed E-state index contributed by atoms with van der Waals surface area (Å²) in [6, 6.07) is 0. The Kier molecular flexibility index (Phi) is 58.1. The SMILES string of the molecule is CCCCC/C=C\C/C=C\C/C=C\CCCCCCCCC(=O)OCC(COP(=O)(O)OCC(CO)OC(=O)CCCCCCC/C=C\C/C=C\CCCCC)OC(=O)CCCCCCCCCCCCCCCCCCC. The number of phosphoric ester groups is 1. The van der Waals surface area contributed by atoms with Crippen LogP contribution >= 0.6 is 7.82 Å². The first-order chi connectivity index (χ1) is 38.2. The molecule has 454 valence electrons. The molecule has 0 bridgehead atoms. The Labute approximate surface area is 478 Å². The van der Waals surface area contributed by atoms with Gasteiger partial charge in [-0.05, 0) is 89.9 Å². The first-order valence-corrected chi connectivity index (χ1v) is 33.7. The third-order valence-corrected chi connectivity index (χ3v) is 14.9. The van der Waals surface area contributed by atoms with Crippen LogP contribution in [0.3, 0.4) is 0 Å². The van der Waals surface area contributed by atoms with E-state index >= 15 is 0 Å². The number of aliphatic hydroxyl groups is 1. The molecular formula is C66H119O11P. The molecule has 0 aromatic carbocycles. The molecule has 0 amide bonds. The monoisotopic (exact) mass is 1120 g/mol. The number of esters is 3. The maximum Gasteiger partial charge on any atom is 0.472 e. The highest BCUT2D eigenvalue weighted by Gasteiger charge is 2.28. The average Bonchev–Trinajstić information content (AvgIpc) is 3.43. The molecule has 0 fully saturated rings. The third-order valence-electron chi connectivity index (χ3n) is 13.9. The molecule has 3 unspecified atom stereocenters. The van der Waals surface area contributed by atoms with Crippen LogP contribution in [0, 0.1) is 0 Å². The first kappa shape index (κ1) is 75.2. The fourth-order valence-corrected chi connectivity index (χ4v) is 9.77. The van der Waals surface area contributed by atoms with Crippen molar-refractivity contribution in [3.05, 3.63) is 60.8 Å². The Hall–Kier alpha value is -2.82. The van der Waals surface area contributed by atoms with E-state index in [0.717, 1.165) is 116 Å². The molecule has 0 saturated carbocycles. The molecule has 0 saturated heterocycles. The number of hydrogen-bond acceptors (Lipinski definition) is 10. The predicted octanol–water partition coefficient (Wildman–Crippen LogP) is 19.5. The molecule has 11 nitrogen and oxygen atoms in total. The van der Waals surface area contributed by atoms with Crippen LogP contribution in [0.15, 0.2) is 60.8 Å². The molecule has 0 spiro atoms. The number of ether oxygens (including phenoxy) is 3. The minimum absolute atomic E-state index is 0.161. The molecule has 0 heterocycles. The van der Waals surface area contributed by atoms with E-state index in [1.807, 2.05) is 0 Å². The van der Waals surface area contributed by atoms with Crippen molar-refractivity contribution >= 4 is 25.7 Å². The molecule has 0 aliphatic carbocycles. The molecule has 0 radical (unpaired) electrons. The topological polar surface area (TPSA) is 155 Å². The normalized spacial score (nSPS) is 13.7. The Morgan fingerprint density at radius 1 is 0.359 bits per heavy atom. The lowest BCUT2D eigenvalue weighted by atomic mass is 10.0. The Morgan fingerprint density at radius 3 is 0.987 bits per heavy atom. The van der Waals surface area contributed by atoms with E-state index in [1.54, 1.807) is 0 Å². The highest BCUT2D eigenvalue weighted by Crippen LogP contribution is 2.43. The number of carbonyl (C=O) groups is 3. The van der Waals surface area contributed by atoms with Crippen molar-refractivity contribution in [3.8, 4) is 0 Å². The van der Waals surface area contributed by atoms with Gasteiger partial charge in [0.25, 0.3) is 0 Å². The molecule has 0 rings (SSSR count). The minimum Gasteiger partial charge on any atom is -0.462 e. The quantitative estimate of drug-likeness (QED) is 0.0197. The van der Waals surface area contributed by atoms with Crippen molar-refractivity contribution in [1.29, 1.82) is 0 Å². The highest BCUT2D eigenvalue weighted by atomic mass is 31.2. The number of allylic oxidation sites excluding steroid dienone is 10. The van der Waals surface area contributed by atoms with E-state index < -0.39 is 57.8 Å². The van der Waals surface area contributed by atoms with Crippen LogP contribution in [0.25, 0.3) is 0 Å². The first-order valence-electron chi connectivity index (χ1n) is 32.2. The van der Waals surface area contributed by atoms with Crippen molar-refractivity contribution in [3.63, 3.8) is 0 Å². The summed E-state index contributed by atoms with van der Waals surface area (Å²) < 4.78 is 39.7. The molecule has 12 heteroatoms. The van der Waals surface area contributed by atoms with Gasteiger partial charge < -0.3 is 24.2 Å². The summed E-state index contributed by atoms with van der Waals surface area (Å²) >= 11 is 0. The van der Waals surface area contributed by atoms with Crippen LogP contribution in [-0.4, -0.2) is 66.5 Å². The molecule has 0 aliphatic heterocycles. The second-order valence-electron chi connectivity index (χ2n) is 21.6. The lowest BCUT2D eigenvalue weighted by Gasteiger charge is -2.21. The predicted molar refractivity (Wildman–Crippen MR) is 325 cm³/mol. The number of aliphatic hydroxyl groups excluding tert-OH is 1. The molecular weight excluding hydrogens is 1000 g/mol. The fraction of sp³-hybridized carbons (Fsp3) is 0.803. The summed E-state index contributed by atoms with van der Waals surface area (Å²) in [6.07, 6.45) is 67.3. The maximum absolute atomic E-state index is 13.0. The van der Waals surface area contributed by atoms with Gasteiger partial charge in [0.2, 0.25) is 0 Å². The summed E-state index contributed by atoms with van der Waals surface area (Å²) in [5.41, 5.74) is 0. The average molecular weight is 1120 g/mol. The lowest BCUT2D eigenvalue weighted by Crippen LogP contribution is -2.30. The van der Waals surface area contributed by atoms with Crippen molar-refractivity contribution in [2.75, 3.05) is 26.4 Å². The number of rotatable bonds is 60.